The molecule has 1 aliphatic carbocycles. The van der Waals surface area contributed by atoms with Gasteiger partial charge in [-0.3, -0.25) is 0 Å². The van der Waals surface area contributed by atoms with Gasteiger partial charge in [0.2, 0.25) is 0 Å². The molecule has 1 aliphatic rings. The van der Waals surface area contributed by atoms with Gasteiger partial charge in [0.15, 0.2) is 5.82 Å². The Kier molecular flexibility index (Phi) is 3.96. The molecule has 0 aliphatic heterocycles. The first-order chi connectivity index (χ1) is 8.19. The van der Waals surface area contributed by atoms with Crippen molar-refractivity contribution in [2.24, 2.45) is 5.73 Å². The summed E-state index contributed by atoms with van der Waals surface area (Å²) in [6.07, 6.45) is 4.09. The van der Waals surface area contributed by atoms with Crippen molar-refractivity contribution in [2.75, 3.05) is 0 Å². The Bertz CT molecular complexity index is 534. The second-order valence-corrected chi connectivity index (χ2v) is 5.71. The number of hydrogen-bond donors (Lipinski definition) is 1. The Morgan fingerprint density at radius 3 is 2.72 bits per heavy atom. The molecule has 2 heterocycles. The van der Waals surface area contributed by atoms with Crippen molar-refractivity contribution in [1.82, 2.24) is 10.1 Å². The summed E-state index contributed by atoms with van der Waals surface area (Å²) in [4.78, 5) is 5.20. The maximum atomic E-state index is 6.27. The van der Waals surface area contributed by atoms with Crippen molar-refractivity contribution in [3.63, 3.8) is 0 Å². The first kappa shape index (κ1) is 13.8. The monoisotopic (exact) mass is 305 g/mol. The highest BCUT2D eigenvalue weighted by molar-refractivity contribution is 7.14. The van der Waals surface area contributed by atoms with Gasteiger partial charge in [-0.25, -0.2) is 0 Å². The highest BCUT2D eigenvalue weighted by Gasteiger charge is 2.36. The summed E-state index contributed by atoms with van der Waals surface area (Å²) in [6.45, 7) is 0. The van der Waals surface area contributed by atoms with Crippen LogP contribution in [0.15, 0.2) is 16.0 Å². The highest BCUT2D eigenvalue weighted by Crippen LogP contribution is 2.37. The Hall–Kier alpha value is -0.620. The van der Waals surface area contributed by atoms with E-state index in [1.807, 2.05) is 11.4 Å². The largest absolute Gasteiger partial charge is 0.333 e. The number of nitrogens with two attached hydrogens (primary N) is 1. The molecule has 2 aromatic heterocycles. The zero-order valence-corrected chi connectivity index (χ0v) is 11.9. The summed E-state index contributed by atoms with van der Waals surface area (Å²) in [7, 11) is 0. The summed E-state index contributed by atoms with van der Waals surface area (Å²) >= 11 is 7.52. The quantitative estimate of drug-likeness (QED) is 0.920. The zero-order chi connectivity index (χ0) is 11.9. The van der Waals surface area contributed by atoms with Crippen LogP contribution in [0.3, 0.4) is 0 Å². The molecule has 1 fully saturated rings. The van der Waals surface area contributed by atoms with Crippen LogP contribution < -0.4 is 5.73 Å². The van der Waals surface area contributed by atoms with Crippen molar-refractivity contribution in [3.8, 4) is 10.8 Å². The minimum Gasteiger partial charge on any atom is -0.333 e. The molecule has 2 N–H and O–H groups in total. The molecule has 0 radical (unpaired) electrons. The summed E-state index contributed by atoms with van der Waals surface area (Å²) in [5.41, 5.74) is 5.86. The third-order valence-electron chi connectivity index (χ3n) is 3.18. The smallest absolute Gasteiger partial charge is 0.269 e. The van der Waals surface area contributed by atoms with Crippen molar-refractivity contribution in [3.05, 3.63) is 22.3 Å². The van der Waals surface area contributed by atoms with Crippen molar-refractivity contribution >= 4 is 35.3 Å². The lowest BCUT2D eigenvalue weighted by atomic mass is 9.99. The first-order valence-corrected chi connectivity index (χ1v) is 6.81. The fraction of sp³-hybridized carbons (Fsp3) is 0.455. The van der Waals surface area contributed by atoms with Crippen molar-refractivity contribution < 1.29 is 4.52 Å². The first-order valence-electron chi connectivity index (χ1n) is 5.55. The Balaban J connectivity index is 0.00000120. The molecule has 98 valence electrons. The minimum atomic E-state index is -0.411. The molecule has 0 saturated heterocycles. The van der Waals surface area contributed by atoms with Gasteiger partial charge in [0.05, 0.1) is 10.6 Å². The highest BCUT2D eigenvalue weighted by atomic mass is 35.5. The number of rotatable bonds is 2. The topological polar surface area (TPSA) is 64.9 Å². The molecular weight excluding hydrogens is 293 g/mol. The van der Waals surface area contributed by atoms with Crippen molar-refractivity contribution in [1.29, 1.82) is 0 Å². The van der Waals surface area contributed by atoms with Crippen LogP contribution in [0.5, 0.6) is 0 Å². The van der Waals surface area contributed by atoms with E-state index in [2.05, 4.69) is 10.1 Å². The molecule has 0 spiro atoms. The lowest BCUT2D eigenvalue weighted by Crippen LogP contribution is -2.34. The van der Waals surface area contributed by atoms with Crippen LogP contribution in [0.1, 0.15) is 31.5 Å². The second-order valence-electron chi connectivity index (χ2n) is 4.38. The number of nitrogens with zero attached hydrogens (tertiary/aromatic N) is 2. The SMILES string of the molecule is Cl.NC1(c2noc(-c3sccc3Cl)n2)CCCC1. The minimum absolute atomic E-state index is 0. The third-order valence-corrected chi connectivity index (χ3v) is 4.51. The standard InChI is InChI=1S/C11H12ClN3OS.ClH/c12-7-3-6-17-8(7)9-14-10(15-16-9)11(13)4-1-2-5-11;/h3,6H,1-2,4-5,13H2;1H. The normalized spacial score (nSPS) is 17.7. The fourth-order valence-electron chi connectivity index (χ4n) is 2.19. The van der Waals surface area contributed by atoms with Gasteiger partial charge in [-0.2, -0.15) is 4.98 Å². The Morgan fingerprint density at radius 1 is 1.39 bits per heavy atom. The van der Waals surface area contributed by atoms with Crippen LogP contribution in [-0.2, 0) is 5.54 Å². The molecule has 0 aromatic carbocycles. The van der Waals surface area contributed by atoms with E-state index in [1.165, 1.54) is 11.3 Å². The van der Waals surface area contributed by atoms with Gasteiger partial charge in [0, 0.05) is 0 Å². The van der Waals surface area contributed by atoms with E-state index in [0.29, 0.717) is 16.7 Å². The van der Waals surface area contributed by atoms with Crippen LogP contribution in [0.4, 0.5) is 0 Å². The van der Waals surface area contributed by atoms with Gasteiger partial charge in [0.25, 0.3) is 5.89 Å². The molecule has 18 heavy (non-hydrogen) atoms. The van der Waals surface area contributed by atoms with E-state index in [0.717, 1.165) is 30.6 Å². The maximum absolute atomic E-state index is 6.27. The molecular formula is C11H13Cl2N3OS. The summed E-state index contributed by atoms with van der Waals surface area (Å²) < 4.78 is 5.25. The third kappa shape index (κ3) is 2.28. The van der Waals surface area contributed by atoms with E-state index >= 15 is 0 Å². The van der Waals surface area contributed by atoms with E-state index in [1.54, 1.807) is 0 Å². The number of hydrogen-bond acceptors (Lipinski definition) is 5. The molecule has 7 heteroatoms. The van der Waals surface area contributed by atoms with Gasteiger partial charge in [-0.1, -0.05) is 29.6 Å². The zero-order valence-electron chi connectivity index (χ0n) is 9.56. The van der Waals surface area contributed by atoms with E-state index in [-0.39, 0.29) is 12.4 Å². The molecule has 3 rings (SSSR count). The van der Waals surface area contributed by atoms with Crippen molar-refractivity contribution in [2.45, 2.75) is 31.2 Å². The van der Waals surface area contributed by atoms with Crippen LogP contribution >= 0.6 is 35.3 Å². The van der Waals surface area contributed by atoms with E-state index < -0.39 is 5.54 Å². The van der Waals surface area contributed by atoms with Crippen LogP contribution in [0, 0.1) is 0 Å². The molecule has 0 atom stereocenters. The van der Waals surface area contributed by atoms with Gasteiger partial charge < -0.3 is 10.3 Å². The molecule has 4 nitrogen and oxygen atoms in total. The summed E-state index contributed by atoms with van der Waals surface area (Å²) in [6, 6.07) is 1.82. The molecule has 1 saturated carbocycles. The molecule has 2 aromatic rings. The average Bonchev–Trinajstić information content (AvgIpc) is 2.97. The van der Waals surface area contributed by atoms with Gasteiger partial charge in [-0.15, -0.1) is 23.7 Å². The predicted molar refractivity (Wildman–Crippen MR) is 74.2 cm³/mol. The Morgan fingerprint density at radius 2 is 2.11 bits per heavy atom. The van der Waals surface area contributed by atoms with Gasteiger partial charge in [0.1, 0.15) is 4.88 Å². The lowest BCUT2D eigenvalue weighted by molar-refractivity contribution is 0.373. The maximum Gasteiger partial charge on any atom is 0.269 e. The van der Waals surface area contributed by atoms with Gasteiger partial charge >= 0.3 is 0 Å². The number of halogens is 2. The number of thiophene rings is 1. The summed E-state index contributed by atoms with van der Waals surface area (Å²) in [5, 5.41) is 6.54. The predicted octanol–water partition coefficient (Wildman–Crippen LogP) is 3.60. The molecule has 0 unspecified atom stereocenters. The molecule has 0 bridgehead atoms. The van der Waals surface area contributed by atoms with Gasteiger partial charge in [-0.05, 0) is 24.3 Å². The average molecular weight is 306 g/mol. The second kappa shape index (κ2) is 5.17. The number of aromatic nitrogens is 2. The van der Waals surface area contributed by atoms with Crippen LogP contribution in [0.25, 0.3) is 10.8 Å². The van der Waals surface area contributed by atoms with Crippen LogP contribution in [0.2, 0.25) is 5.02 Å². The summed E-state index contributed by atoms with van der Waals surface area (Å²) in [5.74, 6) is 1.08. The molecule has 0 amide bonds. The lowest BCUT2D eigenvalue weighted by Gasteiger charge is -2.17. The van der Waals surface area contributed by atoms with E-state index in [4.69, 9.17) is 21.9 Å². The van der Waals surface area contributed by atoms with Crippen LogP contribution in [-0.4, -0.2) is 10.1 Å². The fourth-order valence-corrected chi connectivity index (χ4v) is 3.25. The Labute approximate surface area is 120 Å². The van der Waals surface area contributed by atoms with E-state index in [9.17, 15) is 0 Å².